The van der Waals surface area contributed by atoms with Crippen LogP contribution < -0.4 is 0 Å². The summed E-state index contributed by atoms with van der Waals surface area (Å²) in [7, 11) is 0. The molecule has 69 heavy (non-hydrogen) atoms. The summed E-state index contributed by atoms with van der Waals surface area (Å²) in [6, 6.07) is 0. The van der Waals surface area contributed by atoms with Crippen molar-refractivity contribution in [3.8, 4) is 0 Å². The molecule has 0 N–H and O–H groups in total. The van der Waals surface area contributed by atoms with Crippen molar-refractivity contribution >= 4 is 17.9 Å². The molecule has 0 saturated heterocycles. The van der Waals surface area contributed by atoms with E-state index in [2.05, 4.69) is 142 Å². The predicted octanol–water partition coefficient (Wildman–Crippen LogP) is 18.9. The van der Waals surface area contributed by atoms with E-state index in [9.17, 15) is 14.4 Å². The number of carbonyl (C=O) groups excluding carboxylic acids is 3. The van der Waals surface area contributed by atoms with Crippen LogP contribution in [0.1, 0.15) is 239 Å². The van der Waals surface area contributed by atoms with Crippen LogP contribution in [0.3, 0.4) is 0 Å². The lowest BCUT2D eigenvalue weighted by atomic mass is 10.1. The summed E-state index contributed by atoms with van der Waals surface area (Å²) in [6.45, 7) is 6.32. The van der Waals surface area contributed by atoms with E-state index >= 15 is 0 Å². The molecule has 0 rings (SSSR count). The highest BCUT2D eigenvalue weighted by Gasteiger charge is 2.19. The maximum Gasteiger partial charge on any atom is 0.306 e. The molecule has 0 aromatic carbocycles. The van der Waals surface area contributed by atoms with Crippen LogP contribution in [0.4, 0.5) is 0 Å². The lowest BCUT2D eigenvalue weighted by Gasteiger charge is -2.18. The summed E-state index contributed by atoms with van der Waals surface area (Å²) in [5.74, 6) is -0.976. The zero-order valence-corrected chi connectivity index (χ0v) is 44.5. The number of rotatable bonds is 49. The van der Waals surface area contributed by atoms with Gasteiger partial charge in [0.05, 0.1) is 0 Å². The van der Waals surface area contributed by atoms with Crippen molar-refractivity contribution in [1.29, 1.82) is 0 Å². The number of ether oxygens (including phenoxy) is 3. The molecule has 6 nitrogen and oxygen atoms in total. The van der Waals surface area contributed by atoms with E-state index in [1.807, 2.05) is 0 Å². The standard InChI is InChI=1S/C63H102O6/c1-4-7-10-13-16-19-22-25-28-31-32-33-36-38-41-44-47-50-53-56-62(65)68-59-60(69-63(66)57-54-51-48-45-42-39-35-30-27-24-21-18-15-12-9-6-3)58-67-61(64)55-52-49-46-43-40-37-34-29-26-23-20-17-14-11-8-5-2/h8-9,11-12,16-22,25-27,29-30,37,39-40,42,60H,4-7,10,13-15,23-24,28,31-36,38,41,43-59H2,1-3H3/b11-8-,12-9-,19-16-,20-17-,21-18-,25-22-,29-26-,30-27-,40-37-,42-39-. The summed E-state index contributed by atoms with van der Waals surface area (Å²) in [5, 5.41) is 0. The smallest absolute Gasteiger partial charge is 0.306 e. The van der Waals surface area contributed by atoms with E-state index < -0.39 is 6.10 Å². The largest absolute Gasteiger partial charge is 0.462 e. The molecule has 0 bridgehead atoms. The molecule has 0 saturated carbocycles. The monoisotopic (exact) mass is 955 g/mol. The predicted molar refractivity (Wildman–Crippen MR) is 297 cm³/mol. The molecular weight excluding hydrogens is 853 g/mol. The first-order chi connectivity index (χ1) is 34.0. The Morgan fingerprint density at radius 3 is 0.986 bits per heavy atom. The molecule has 390 valence electrons. The molecule has 0 aliphatic carbocycles. The fourth-order valence-corrected chi connectivity index (χ4v) is 7.30. The lowest BCUT2D eigenvalue weighted by Crippen LogP contribution is -2.30. The van der Waals surface area contributed by atoms with Gasteiger partial charge in [0.15, 0.2) is 6.10 Å². The number of unbranched alkanes of at least 4 members (excludes halogenated alkanes) is 19. The molecule has 6 heteroatoms. The van der Waals surface area contributed by atoms with Gasteiger partial charge in [-0.15, -0.1) is 0 Å². The van der Waals surface area contributed by atoms with Gasteiger partial charge in [0.2, 0.25) is 0 Å². The van der Waals surface area contributed by atoms with Gasteiger partial charge in [-0.1, -0.05) is 219 Å². The molecule has 0 aliphatic heterocycles. The molecule has 1 unspecified atom stereocenters. The Kier molecular flexibility index (Phi) is 53.0. The Balaban J connectivity index is 4.50. The van der Waals surface area contributed by atoms with Crippen LogP contribution in [0, 0.1) is 0 Å². The minimum absolute atomic E-state index is 0.106. The summed E-state index contributed by atoms with van der Waals surface area (Å²) < 4.78 is 16.8. The molecule has 0 spiro atoms. The second-order valence-electron chi connectivity index (χ2n) is 18.1. The Morgan fingerprint density at radius 2 is 0.609 bits per heavy atom. The molecule has 0 heterocycles. The first-order valence-corrected chi connectivity index (χ1v) is 28.1. The van der Waals surface area contributed by atoms with Gasteiger partial charge in [-0.25, -0.2) is 0 Å². The summed E-state index contributed by atoms with van der Waals surface area (Å²) in [5.41, 5.74) is 0. The third-order valence-corrected chi connectivity index (χ3v) is 11.5. The Hall–Kier alpha value is -4.19. The highest BCUT2D eigenvalue weighted by molar-refractivity contribution is 5.71. The molecule has 1 atom stereocenters. The Labute approximate surface area is 424 Å². The lowest BCUT2D eigenvalue weighted by molar-refractivity contribution is -0.167. The van der Waals surface area contributed by atoms with Crippen LogP contribution in [0.15, 0.2) is 122 Å². The van der Waals surface area contributed by atoms with Crippen molar-refractivity contribution in [3.63, 3.8) is 0 Å². The Bertz CT molecular complexity index is 1470. The topological polar surface area (TPSA) is 78.9 Å². The van der Waals surface area contributed by atoms with Crippen molar-refractivity contribution in [2.24, 2.45) is 0 Å². The zero-order chi connectivity index (χ0) is 50.0. The van der Waals surface area contributed by atoms with Crippen molar-refractivity contribution in [3.05, 3.63) is 122 Å². The first kappa shape index (κ1) is 64.8. The van der Waals surface area contributed by atoms with Gasteiger partial charge < -0.3 is 14.2 Å². The molecule has 0 aromatic heterocycles. The van der Waals surface area contributed by atoms with E-state index in [1.165, 1.54) is 77.0 Å². The molecule has 0 amide bonds. The van der Waals surface area contributed by atoms with E-state index in [1.54, 1.807) is 0 Å². The van der Waals surface area contributed by atoms with Crippen LogP contribution in [0.25, 0.3) is 0 Å². The van der Waals surface area contributed by atoms with E-state index in [0.29, 0.717) is 12.8 Å². The molecular formula is C63H102O6. The van der Waals surface area contributed by atoms with Crippen LogP contribution in [-0.4, -0.2) is 37.2 Å². The van der Waals surface area contributed by atoms with Gasteiger partial charge in [0.1, 0.15) is 13.2 Å². The normalized spacial score (nSPS) is 13.0. The van der Waals surface area contributed by atoms with Crippen LogP contribution in [0.2, 0.25) is 0 Å². The highest BCUT2D eigenvalue weighted by Crippen LogP contribution is 2.14. The second kappa shape index (κ2) is 56.4. The fraction of sp³-hybridized carbons (Fsp3) is 0.635. The molecule has 0 aromatic rings. The molecule has 0 radical (unpaired) electrons. The Morgan fingerprint density at radius 1 is 0.319 bits per heavy atom. The molecule has 0 aliphatic rings. The van der Waals surface area contributed by atoms with Crippen molar-refractivity contribution < 1.29 is 28.6 Å². The van der Waals surface area contributed by atoms with Crippen LogP contribution >= 0.6 is 0 Å². The van der Waals surface area contributed by atoms with Crippen LogP contribution in [-0.2, 0) is 28.6 Å². The van der Waals surface area contributed by atoms with Gasteiger partial charge >= 0.3 is 17.9 Å². The SMILES string of the molecule is CC/C=C\C/C=C\C/C=C\C/C=C\CCCCCC(=O)OCC(COC(=O)CCCCCCCCCCCC/C=C\C=C/CCCCC)OC(=O)CCCCC/C=C\C/C=C\C/C=C\C/C=C\CC. The van der Waals surface area contributed by atoms with Gasteiger partial charge in [0, 0.05) is 19.3 Å². The third-order valence-electron chi connectivity index (χ3n) is 11.5. The number of hydrogen-bond acceptors (Lipinski definition) is 6. The molecule has 0 fully saturated rings. The zero-order valence-electron chi connectivity index (χ0n) is 44.5. The summed E-state index contributed by atoms with van der Waals surface area (Å²) in [4.78, 5) is 38.1. The van der Waals surface area contributed by atoms with Gasteiger partial charge in [-0.05, 0) is 122 Å². The minimum Gasteiger partial charge on any atom is -0.462 e. The number of esters is 3. The van der Waals surface area contributed by atoms with E-state index in [4.69, 9.17) is 14.2 Å². The van der Waals surface area contributed by atoms with Crippen molar-refractivity contribution in [2.45, 2.75) is 245 Å². The maximum absolute atomic E-state index is 12.8. The second-order valence-corrected chi connectivity index (χ2v) is 18.1. The number of allylic oxidation sites excluding steroid dienone is 20. The van der Waals surface area contributed by atoms with Crippen molar-refractivity contribution in [2.75, 3.05) is 13.2 Å². The van der Waals surface area contributed by atoms with Gasteiger partial charge in [-0.2, -0.15) is 0 Å². The summed E-state index contributed by atoms with van der Waals surface area (Å²) >= 11 is 0. The fourth-order valence-electron chi connectivity index (χ4n) is 7.30. The van der Waals surface area contributed by atoms with Gasteiger partial charge in [0.25, 0.3) is 0 Å². The third kappa shape index (κ3) is 54.6. The highest BCUT2D eigenvalue weighted by atomic mass is 16.6. The summed E-state index contributed by atoms with van der Waals surface area (Å²) in [6.07, 6.45) is 77.5. The number of hydrogen-bond donors (Lipinski definition) is 0. The maximum atomic E-state index is 12.8. The van der Waals surface area contributed by atoms with Crippen LogP contribution in [0.5, 0.6) is 0 Å². The van der Waals surface area contributed by atoms with E-state index in [-0.39, 0.29) is 37.5 Å². The van der Waals surface area contributed by atoms with Gasteiger partial charge in [-0.3, -0.25) is 14.4 Å². The first-order valence-electron chi connectivity index (χ1n) is 28.1. The van der Waals surface area contributed by atoms with Crippen molar-refractivity contribution in [1.82, 2.24) is 0 Å². The quantitative estimate of drug-likeness (QED) is 0.0199. The van der Waals surface area contributed by atoms with E-state index in [0.717, 1.165) is 122 Å². The average molecular weight is 956 g/mol. The number of carbonyl (C=O) groups is 3. The average Bonchev–Trinajstić information content (AvgIpc) is 3.35. The minimum atomic E-state index is -0.813.